The highest BCUT2D eigenvalue weighted by molar-refractivity contribution is 5.93. The summed E-state index contributed by atoms with van der Waals surface area (Å²) in [5, 5.41) is 35.8. The molecule has 1 aliphatic carbocycles. The second-order valence-electron chi connectivity index (χ2n) is 12.8. The molecule has 4 atom stereocenters. The largest absolute Gasteiger partial charge is 0.481 e. The van der Waals surface area contributed by atoms with E-state index in [-0.39, 0.29) is 12.8 Å². The zero-order chi connectivity index (χ0) is 30.6. The number of rotatable bonds is 24. The van der Waals surface area contributed by atoms with E-state index in [1.54, 1.807) is 0 Å². The van der Waals surface area contributed by atoms with Crippen molar-refractivity contribution in [3.05, 3.63) is 0 Å². The van der Waals surface area contributed by atoms with Gasteiger partial charge in [0.05, 0.1) is 0 Å². The first-order chi connectivity index (χ1) is 19.6. The van der Waals surface area contributed by atoms with E-state index in [0.717, 1.165) is 62.2 Å². The Morgan fingerprint density at radius 1 is 0.488 bits per heavy atom. The minimum Gasteiger partial charge on any atom is -0.481 e. The standard InChI is InChI=1S/C33H58O8/c1-24-18-17-19-25(2)27(21-14-10-6-4-8-12-16-23-29(32(38)39)33(40)41)26(24)20-13-9-5-3-7-11-15-22-28(30(34)35)31(36)37/h24-29H,3-23H2,1-2H3,(H,34,35)(H,36,37)(H,38,39)(H,40,41). The van der Waals surface area contributed by atoms with Gasteiger partial charge >= 0.3 is 23.9 Å². The zero-order valence-corrected chi connectivity index (χ0v) is 25.7. The van der Waals surface area contributed by atoms with Crippen LogP contribution < -0.4 is 0 Å². The molecule has 0 spiro atoms. The molecule has 0 aliphatic heterocycles. The molecule has 238 valence electrons. The molecule has 0 aromatic rings. The lowest BCUT2D eigenvalue weighted by atomic mass is 9.72. The Hall–Kier alpha value is -2.12. The van der Waals surface area contributed by atoms with E-state index < -0.39 is 35.7 Å². The summed E-state index contributed by atoms with van der Waals surface area (Å²) in [6.07, 6.45) is 21.9. The fourth-order valence-corrected chi connectivity index (χ4v) is 6.96. The first kappa shape index (κ1) is 36.9. The Balaban J connectivity index is 2.25. The molecule has 0 saturated heterocycles. The van der Waals surface area contributed by atoms with Crippen molar-refractivity contribution >= 4 is 23.9 Å². The molecule has 1 aliphatic rings. The number of hydrogen-bond acceptors (Lipinski definition) is 4. The topological polar surface area (TPSA) is 149 Å². The third kappa shape index (κ3) is 15.6. The number of carbonyl (C=O) groups is 4. The maximum absolute atomic E-state index is 11.0. The zero-order valence-electron chi connectivity index (χ0n) is 25.7. The molecule has 1 saturated carbocycles. The van der Waals surface area contributed by atoms with Crippen molar-refractivity contribution in [2.75, 3.05) is 0 Å². The SMILES string of the molecule is CC1CCCC(C)C(CCCCCCCCCC(C(=O)O)C(=O)O)C1CCCCCCCCCC(C(=O)O)C(=O)O. The van der Waals surface area contributed by atoms with Crippen molar-refractivity contribution in [3.63, 3.8) is 0 Å². The van der Waals surface area contributed by atoms with Gasteiger partial charge in [0.15, 0.2) is 11.8 Å². The average Bonchev–Trinajstić information content (AvgIpc) is 3.02. The van der Waals surface area contributed by atoms with Gasteiger partial charge in [-0.25, -0.2) is 0 Å². The molecule has 8 heteroatoms. The van der Waals surface area contributed by atoms with Gasteiger partial charge in [0.1, 0.15) is 0 Å². The highest BCUT2D eigenvalue weighted by Gasteiger charge is 2.32. The van der Waals surface area contributed by atoms with E-state index in [1.807, 2.05) is 0 Å². The van der Waals surface area contributed by atoms with Gasteiger partial charge in [-0.15, -0.1) is 0 Å². The average molecular weight is 583 g/mol. The molecule has 41 heavy (non-hydrogen) atoms. The quantitative estimate of drug-likeness (QED) is 0.0504. The van der Waals surface area contributed by atoms with Gasteiger partial charge in [0.25, 0.3) is 0 Å². The molecular weight excluding hydrogens is 524 g/mol. The van der Waals surface area contributed by atoms with E-state index in [1.165, 1.54) is 70.6 Å². The first-order valence-electron chi connectivity index (χ1n) is 16.5. The number of aliphatic carboxylic acids is 4. The Bertz CT molecular complexity index is 676. The van der Waals surface area contributed by atoms with Crippen LogP contribution in [-0.4, -0.2) is 44.3 Å². The number of carboxylic acid groups (broad SMARTS) is 4. The van der Waals surface area contributed by atoms with Gasteiger partial charge in [0.2, 0.25) is 0 Å². The van der Waals surface area contributed by atoms with Crippen LogP contribution in [-0.2, 0) is 19.2 Å². The van der Waals surface area contributed by atoms with Gasteiger partial charge < -0.3 is 20.4 Å². The van der Waals surface area contributed by atoms with Crippen molar-refractivity contribution in [3.8, 4) is 0 Å². The van der Waals surface area contributed by atoms with Crippen molar-refractivity contribution in [2.45, 2.75) is 149 Å². The van der Waals surface area contributed by atoms with E-state index in [0.29, 0.717) is 12.8 Å². The van der Waals surface area contributed by atoms with Crippen molar-refractivity contribution < 1.29 is 39.6 Å². The Kier molecular flexibility index (Phi) is 19.4. The van der Waals surface area contributed by atoms with Gasteiger partial charge in [-0.2, -0.15) is 0 Å². The molecule has 0 aromatic carbocycles. The summed E-state index contributed by atoms with van der Waals surface area (Å²) in [5.41, 5.74) is 0. The summed E-state index contributed by atoms with van der Waals surface area (Å²) in [5.74, 6) is -4.34. The Labute approximate surface area is 247 Å². The summed E-state index contributed by atoms with van der Waals surface area (Å²) in [6, 6.07) is 0. The maximum atomic E-state index is 11.0. The molecule has 0 heterocycles. The van der Waals surface area contributed by atoms with Gasteiger partial charge in [-0.1, -0.05) is 123 Å². The molecule has 0 amide bonds. The van der Waals surface area contributed by atoms with Crippen LogP contribution in [0.2, 0.25) is 0 Å². The van der Waals surface area contributed by atoms with Crippen LogP contribution in [0.1, 0.15) is 149 Å². The Morgan fingerprint density at radius 2 is 0.756 bits per heavy atom. The fraction of sp³-hybridized carbons (Fsp3) is 0.879. The molecule has 4 N–H and O–H groups in total. The predicted molar refractivity (Wildman–Crippen MR) is 160 cm³/mol. The molecule has 4 unspecified atom stereocenters. The smallest absolute Gasteiger partial charge is 0.317 e. The highest BCUT2D eigenvalue weighted by atomic mass is 16.4. The molecule has 0 radical (unpaired) electrons. The van der Waals surface area contributed by atoms with E-state index in [2.05, 4.69) is 13.8 Å². The monoisotopic (exact) mass is 582 g/mol. The summed E-state index contributed by atoms with van der Waals surface area (Å²) in [6.45, 7) is 4.91. The van der Waals surface area contributed by atoms with Crippen LogP contribution in [0.5, 0.6) is 0 Å². The summed E-state index contributed by atoms with van der Waals surface area (Å²) >= 11 is 0. The van der Waals surface area contributed by atoms with Gasteiger partial charge in [-0.05, 0) is 49.4 Å². The minimum absolute atomic E-state index is 0.216. The van der Waals surface area contributed by atoms with Crippen LogP contribution in [0.25, 0.3) is 0 Å². The number of carboxylic acids is 4. The first-order valence-corrected chi connectivity index (χ1v) is 16.5. The van der Waals surface area contributed by atoms with Gasteiger partial charge in [0, 0.05) is 0 Å². The van der Waals surface area contributed by atoms with Crippen molar-refractivity contribution in [1.82, 2.24) is 0 Å². The van der Waals surface area contributed by atoms with E-state index in [9.17, 15) is 19.2 Å². The predicted octanol–water partition coefficient (Wildman–Crippen LogP) is 8.27. The second-order valence-corrected chi connectivity index (χ2v) is 12.8. The normalized spacial score (nSPS) is 21.2. The van der Waals surface area contributed by atoms with Crippen molar-refractivity contribution in [1.29, 1.82) is 0 Å². The van der Waals surface area contributed by atoms with Gasteiger partial charge in [-0.3, -0.25) is 19.2 Å². The molecular formula is C33H58O8. The lowest BCUT2D eigenvalue weighted by molar-refractivity contribution is -0.156. The van der Waals surface area contributed by atoms with Crippen molar-refractivity contribution in [2.24, 2.45) is 35.5 Å². The Morgan fingerprint density at radius 3 is 1.05 bits per heavy atom. The molecule has 0 bridgehead atoms. The molecule has 1 fully saturated rings. The minimum atomic E-state index is -1.27. The van der Waals surface area contributed by atoms with E-state index >= 15 is 0 Å². The third-order valence-corrected chi connectivity index (χ3v) is 9.58. The molecule has 1 rings (SSSR count). The number of unbranched alkanes of at least 4 members (excludes halogenated alkanes) is 12. The highest BCUT2D eigenvalue weighted by Crippen LogP contribution is 2.42. The lowest BCUT2D eigenvalue weighted by Crippen LogP contribution is -2.25. The fourth-order valence-electron chi connectivity index (χ4n) is 6.96. The van der Waals surface area contributed by atoms with E-state index in [4.69, 9.17) is 20.4 Å². The third-order valence-electron chi connectivity index (χ3n) is 9.58. The summed E-state index contributed by atoms with van der Waals surface area (Å²) in [4.78, 5) is 43.9. The lowest BCUT2D eigenvalue weighted by Gasteiger charge is -2.33. The maximum Gasteiger partial charge on any atom is 0.317 e. The van der Waals surface area contributed by atoms with Crippen LogP contribution in [0.4, 0.5) is 0 Å². The summed E-state index contributed by atoms with van der Waals surface area (Å²) < 4.78 is 0. The molecule has 0 aromatic heterocycles. The van der Waals surface area contributed by atoms with Crippen LogP contribution in [0.15, 0.2) is 0 Å². The number of hydrogen-bond donors (Lipinski definition) is 4. The van der Waals surface area contributed by atoms with Crippen LogP contribution >= 0.6 is 0 Å². The molecule has 8 nitrogen and oxygen atoms in total. The van der Waals surface area contributed by atoms with Crippen LogP contribution in [0.3, 0.4) is 0 Å². The summed E-state index contributed by atoms with van der Waals surface area (Å²) in [7, 11) is 0. The van der Waals surface area contributed by atoms with Crippen LogP contribution in [0, 0.1) is 35.5 Å². The second kappa shape index (κ2) is 21.6.